The predicted octanol–water partition coefficient (Wildman–Crippen LogP) is 3.18. The normalized spacial score (nSPS) is 14.8. The summed E-state index contributed by atoms with van der Waals surface area (Å²) in [4.78, 5) is 0.967. The monoisotopic (exact) mass is 309 g/mol. The van der Waals surface area contributed by atoms with Gasteiger partial charge in [-0.15, -0.1) is 11.3 Å². The van der Waals surface area contributed by atoms with E-state index >= 15 is 0 Å². The number of rotatable bonds is 5. The van der Waals surface area contributed by atoms with Crippen molar-refractivity contribution in [1.82, 2.24) is 5.32 Å². The molecule has 0 saturated heterocycles. The fourth-order valence-electron chi connectivity index (χ4n) is 1.73. The Kier molecular flexibility index (Phi) is 4.87. The number of halogens is 1. The Morgan fingerprint density at radius 2 is 2.06 bits per heavy atom. The highest BCUT2D eigenvalue weighted by atomic mass is 35.5. The zero-order valence-corrected chi connectivity index (χ0v) is 13.8. The van der Waals surface area contributed by atoms with E-state index in [1.165, 1.54) is 17.6 Å². The van der Waals surface area contributed by atoms with Gasteiger partial charge in [-0.2, -0.15) is 0 Å². The van der Waals surface area contributed by atoms with E-state index in [-0.39, 0.29) is 6.04 Å². The van der Waals surface area contributed by atoms with Gasteiger partial charge < -0.3 is 5.32 Å². The van der Waals surface area contributed by atoms with E-state index in [4.69, 9.17) is 11.6 Å². The molecule has 3 nitrogen and oxygen atoms in total. The van der Waals surface area contributed by atoms with Crippen molar-refractivity contribution in [1.29, 1.82) is 0 Å². The Morgan fingerprint density at radius 3 is 2.39 bits per heavy atom. The van der Waals surface area contributed by atoms with Crippen molar-refractivity contribution in [3.8, 4) is 0 Å². The number of thiophene rings is 1. The van der Waals surface area contributed by atoms with Crippen LogP contribution in [0.15, 0.2) is 6.07 Å². The number of hydrogen-bond acceptors (Lipinski definition) is 4. The van der Waals surface area contributed by atoms with E-state index in [0.29, 0.717) is 6.54 Å². The van der Waals surface area contributed by atoms with Crippen LogP contribution in [0.1, 0.15) is 37.3 Å². The van der Waals surface area contributed by atoms with Gasteiger partial charge in [-0.1, -0.05) is 18.5 Å². The summed E-state index contributed by atoms with van der Waals surface area (Å²) in [5, 5.41) is 3.26. The molecule has 1 N–H and O–H groups in total. The summed E-state index contributed by atoms with van der Waals surface area (Å²) in [6.07, 6.45) is 1.28. The Morgan fingerprint density at radius 1 is 1.50 bits per heavy atom. The van der Waals surface area contributed by atoms with E-state index in [1.54, 1.807) is 13.8 Å². The van der Waals surface area contributed by atoms with Crippen LogP contribution in [0.25, 0.3) is 0 Å². The van der Waals surface area contributed by atoms with E-state index in [0.717, 1.165) is 14.8 Å². The molecule has 1 rings (SSSR count). The molecule has 18 heavy (non-hydrogen) atoms. The van der Waals surface area contributed by atoms with Gasteiger partial charge in [0.05, 0.1) is 15.1 Å². The molecule has 0 fully saturated rings. The summed E-state index contributed by atoms with van der Waals surface area (Å²) in [6, 6.07) is 1.72. The van der Waals surface area contributed by atoms with Crippen molar-refractivity contribution in [2.45, 2.75) is 38.5 Å². The second-order valence-electron chi connectivity index (χ2n) is 4.97. The molecule has 0 radical (unpaired) electrons. The molecule has 0 saturated carbocycles. The fourth-order valence-corrected chi connectivity index (χ4v) is 3.93. The third kappa shape index (κ3) is 3.07. The Balaban J connectivity index is 3.26. The smallest absolute Gasteiger partial charge is 0.154 e. The lowest BCUT2D eigenvalue weighted by molar-refractivity contribution is 0.433. The summed E-state index contributed by atoms with van der Waals surface area (Å²) in [5.41, 5.74) is 0.990. The van der Waals surface area contributed by atoms with Gasteiger partial charge in [-0.05, 0) is 38.9 Å². The molecule has 1 aromatic rings. The van der Waals surface area contributed by atoms with Crippen LogP contribution < -0.4 is 5.32 Å². The molecule has 6 heteroatoms. The van der Waals surface area contributed by atoms with Gasteiger partial charge in [0.15, 0.2) is 9.84 Å². The van der Waals surface area contributed by atoms with Gasteiger partial charge in [0.1, 0.15) is 0 Å². The third-order valence-corrected chi connectivity index (χ3v) is 6.99. The average Bonchev–Trinajstić information content (AvgIpc) is 2.53. The average molecular weight is 310 g/mol. The van der Waals surface area contributed by atoms with Crippen LogP contribution in [0.2, 0.25) is 4.34 Å². The van der Waals surface area contributed by atoms with Gasteiger partial charge in [0.25, 0.3) is 0 Å². The standard InChI is InChI=1S/C12H20ClNO2S2/c1-6-14-10(12(3,4)18(5,15)16)9-7-8(2)11(13)17-9/h7,10,14H,6H2,1-5H3. The minimum Gasteiger partial charge on any atom is -0.308 e. The molecule has 0 amide bonds. The van der Waals surface area contributed by atoms with Crippen LogP contribution in [-0.4, -0.2) is 26.0 Å². The van der Waals surface area contributed by atoms with Crippen LogP contribution in [0.5, 0.6) is 0 Å². The molecule has 1 unspecified atom stereocenters. The minimum atomic E-state index is -3.17. The number of hydrogen-bond donors (Lipinski definition) is 1. The largest absolute Gasteiger partial charge is 0.308 e. The quantitative estimate of drug-likeness (QED) is 0.908. The Labute approximate surface area is 118 Å². The Hall–Kier alpha value is -0.100. The molecule has 0 aliphatic heterocycles. The minimum absolute atomic E-state index is 0.242. The molecule has 104 valence electrons. The molecule has 0 aromatic carbocycles. The molecule has 1 aromatic heterocycles. The molecule has 1 heterocycles. The lowest BCUT2D eigenvalue weighted by Gasteiger charge is -2.32. The zero-order valence-electron chi connectivity index (χ0n) is 11.4. The van der Waals surface area contributed by atoms with Crippen molar-refractivity contribution in [2.75, 3.05) is 12.8 Å². The zero-order chi connectivity index (χ0) is 14.1. The first-order valence-corrected chi connectivity index (χ1v) is 8.88. The molecule has 0 spiro atoms. The molecule has 0 bridgehead atoms. The summed E-state index contributed by atoms with van der Waals surface area (Å²) in [7, 11) is -3.17. The second-order valence-corrected chi connectivity index (χ2v) is 9.25. The van der Waals surface area contributed by atoms with Crippen molar-refractivity contribution in [2.24, 2.45) is 0 Å². The lowest BCUT2D eigenvalue weighted by Crippen LogP contribution is -2.44. The fraction of sp³-hybridized carbons (Fsp3) is 0.667. The van der Waals surface area contributed by atoms with E-state index in [2.05, 4.69) is 5.32 Å². The van der Waals surface area contributed by atoms with Crippen molar-refractivity contribution < 1.29 is 8.42 Å². The summed E-state index contributed by atoms with van der Waals surface area (Å²) in [5.74, 6) is 0. The van der Waals surface area contributed by atoms with Crippen molar-refractivity contribution in [3.63, 3.8) is 0 Å². The van der Waals surface area contributed by atoms with Gasteiger partial charge in [-0.25, -0.2) is 8.42 Å². The first kappa shape index (κ1) is 16.0. The van der Waals surface area contributed by atoms with Crippen LogP contribution in [0.3, 0.4) is 0 Å². The molecular weight excluding hydrogens is 290 g/mol. The van der Waals surface area contributed by atoms with Gasteiger partial charge >= 0.3 is 0 Å². The maximum absolute atomic E-state index is 12.0. The molecule has 1 atom stereocenters. The number of nitrogens with one attached hydrogen (secondary N) is 1. The van der Waals surface area contributed by atoms with E-state index < -0.39 is 14.6 Å². The van der Waals surface area contributed by atoms with Gasteiger partial charge in [0.2, 0.25) is 0 Å². The molecule has 0 aliphatic rings. The van der Waals surface area contributed by atoms with Crippen molar-refractivity contribution >= 4 is 32.8 Å². The Bertz CT molecular complexity index is 501. The summed E-state index contributed by atoms with van der Waals surface area (Å²) < 4.78 is 23.8. The van der Waals surface area contributed by atoms with Gasteiger partial charge in [-0.3, -0.25) is 0 Å². The summed E-state index contributed by atoms with van der Waals surface area (Å²) >= 11 is 7.52. The predicted molar refractivity (Wildman–Crippen MR) is 79.4 cm³/mol. The molecular formula is C12H20ClNO2S2. The van der Waals surface area contributed by atoms with Crippen LogP contribution in [-0.2, 0) is 9.84 Å². The molecule has 0 aliphatic carbocycles. The lowest BCUT2D eigenvalue weighted by atomic mass is 10.0. The maximum atomic E-state index is 12.0. The SMILES string of the molecule is CCNC(c1cc(C)c(Cl)s1)C(C)(C)S(C)(=O)=O. The summed E-state index contributed by atoms with van der Waals surface area (Å²) in [6.45, 7) is 8.10. The highest BCUT2D eigenvalue weighted by molar-refractivity contribution is 7.92. The highest BCUT2D eigenvalue weighted by Crippen LogP contribution is 2.38. The topological polar surface area (TPSA) is 46.2 Å². The van der Waals surface area contributed by atoms with Crippen LogP contribution >= 0.6 is 22.9 Å². The second kappa shape index (κ2) is 5.49. The van der Waals surface area contributed by atoms with Crippen LogP contribution in [0, 0.1) is 6.92 Å². The van der Waals surface area contributed by atoms with E-state index in [9.17, 15) is 8.42 Å². The third-order valence-electron chi connectivity index (χ3n) is 3.22. The first-order valence-electron chi connectivity index (χ1n) is 5.80. The number of sulfone groups is 1. The van der Waals surface area contributed by atoms with Crippen molar-refractivity contribution in [3.05, 3.63) is 20.8 Å². The maximum Gasteiger partial charge on any atom is 0.154 e. The number of aryl methyl sites for hydroxylation is 1. The van der Waals surface area contributed by atoms with Gasteiger partial charge in [0, 0.05) is 11.1 Å². The van der Waals surface area contributed by atoms with E-state index in [1.807, 2.05) is 19.9 Å². The first-order chi connectivity index (χ1) is 8.11. The van der Waals surface area contributed by atoms with Crippen LogP contribution in [0.4, 0.5) is 0 Å². The highest BCUT2D eigenvalue weighted by Gasteiger charge is 2.40.